The first-order valence-electron chi connectivity index (χ1n) is 9.88. The van der Waals surface area contributed by atoms with Gasteiger partial charge in [0.1, 0.15) is 5.82 Å². The van der Waals surface area contributed by atoms with Crippen LogP contribution >= 0.6 is 23.2 Å². The van der Waals surface area contributed by atoms with E-state index in [1.807, 2.05) is 30.7 Å². The zero-order valence-corrected chi connectivity index (χ0v) is 19.0. The van der Waals surface area contributed by atoms with Crippen LogP contribution in [0.2, 0.25) is 10.0 Å². The highest BCUT2D eigenvalue weighted by atomic mass is 35.5. The Kier molecular flexibility index (Phi) is 6.30. The maximum atomic E-state index is 14.0. The summed E-state index contributed by atoms with van der Waals surface area (Å²) in [5, 5.41) is 12.4. The molecule has 0 saturated carbocycles. The first-order chi connectivity index (χ1) is 15.3. The van der Waals surface area contributed by atoms with Crippen LogP contribution in [0.4, 0.5) is 10.2 Å². The highest BCUT2D eigenvalue weighted by molar-refractivity contribution is 6.32. The lowest BCUT2D eigenvalue weighted by molar-refractivity contribution is 0.102. The summed E-state index contributed by atoms with van der Waals surface area (Å²) < 4.78 is 17.3. The number of rotatable bonds is 6. The third-order valence-corrected chi connectivity index (χ3v) is 6.01. The number of hydrogen-bond donors (Lipinski definition) is 1. The van der Waals surface area contributed by atoms with Gasteiger partial charge in [-0.1, -0.05) is 41.4 Å². The van der Waals surface area contributed by atoms with Crippen molar-refractivity contribution in [3.05, 3.63) is 98.7 Å². The zero-order chi connectivity index (χ0) is 22.8. The van der Waals surface area contributed by atoms with Gasteiger partial charge in [0.15, 0.2) is 5.82 Å². The number of amides is 1. The van der Waals surface area contributed by atoms with Crippen LogP contribution in [0.15, 0.2) is 54.7 Å². The minimum absolute atomic E-state index is 0.159. The molecule has 0 aliphatic carbocycles. The van der Waals surface area contributed by atoms with Gasteiger partial charge in [-0.3, -0.25) is 14.2 Å². The van der Waals surface area contributed by atoms with Gasteiger partial charge in [-0.25, -0.2) is 4.39 Å². The molecule has 4 rings (SSSR count). The second-order valence-electron chi connectivity index (χ2n) is 7.39. The number of anilines is 1. The van der Waals surface area contributed by atoms with Gasteiger partial charge in [-0.15, -0.1) is 0 Å². The molecule has 1 N–H and O–H groups in total. The number of benzene rings is 2. The molecule has 0 fully saturated rings. The fourth-order valence-electron chi connectivity index (χ4n) is 3.31. The summed E-state index contributed by atoms with van der Waals surface area (Å²) in [6.45, 7) is 4.51. The smallest absolute Gasteiger partial charge is 0.256 e. The molecule has 4 aromatic rings. The van der Waals surface area contributed by atoms with Gasteiger partial charge >= 0.3 is 0 Å². The predicted octanol–water partition coefficient (Wildman–Crippen LogP) is 5.49. The van der Waals surface area contributed by atoms with Gasteiger partial charge in [0.05, 0.1) is 29.5 Å². The van der Waals surface area contributed by atoms with E-state index in [2.05, 4.69) is 15.5 Å². The molecule has 0 spiro atoms. The van der Waals surface area contributed by atoms with Crippen molar-refractivity contribution < 1.29 is 9.18 Å². The van der Waals surface area contributed by atoms with Crippen molar-refractivity contribution in [2.24, 2.45) is 0 Å². The van der Waals surface area contributed by atoms with Crippen molar-refractivity contribution in [3.8, 4) is 0 Å². The summed E-state index contributed by atoms with van der Waals surface area (Å²) in [7, 11) is 0. The minimum atomic E-state index is -0.401. The molecule has 32 heavy (non-hydrogen) atoms. The number of carbonyl (C=O) groups is 1. The molecule has 164 valence electrons. The Bertz CT molecular complexity index is 1260. The first kappa shape index (κ1) is 22.0. The van der Waals surface area contributed by atoms with Crippen molar-refractivity contribution in [1.82, 2.24) is 19.6 Å². The normalized spacial score (nSPS) is 11.0. The molecule has 0 aliphatic heterocycles. The van der Waals surface area contributed by atoms with Gasteiger partial charge in [-0.2, -0.15) is 10.2 Å². The summed E-state index contributed by atoms with van der Waals surface area (Å²) in [5.74, 6) is -0.329. The number of nitrogens with one attached hydrogen (secondary N) is 1. The van der Waals surface area contributed by atoms with Gasteiger partial charge in [0.25, 0.3) is 5.91 Å². The van der Waals surface area contributed by atoms with E-state index in [9.17, 15) is 9.18 Å². The van der Waals surface area contributed by atoms with Crippen LogP contribution < -0.4 is 5.32 Å². The Balaban J connectivity index is 1.40. The number of hydrogen-bond acceptors (Lipinski definition) is 3. The summed E-state index contributed by atoms with van der Waals surface area (Å²) in [6, 6.07) is 13.4. The highest BCUT2D eigenvalue weighted by Crippen LogP contribution is 2.21. The Labute approximate surface area is 194 Å². The molecule has 1 amide bonds. The van der Waals surface area contributed by atoms with E-state index in [-0.39, 0.29) is 12.5 Å². The topological polar surface area (TPSA) is 64.7 Å². The quantitative estimate of drug-likeness (QED) is 0.404. The van der Waals surface area contributed by atoms with E-state index in [0.29, 0.717) is 33.5 Å². The fraction of sp³-hybridized carbons (Fsp3) is 0.174. The summed E-state index contributed by atoms with van der Waals surface area (Å²) in [4.78, 5) is 12.6. The fourth-order valence-corrected chi connectivity index (χ4v) is 3.67. The van der Waals surface area contributed by atoms with Crippen molar-refractivity contribution in [2.75, 3.05) is 5.32 Å². The predicted molar refractivity (Wildman–Crippen MR) is 123 cm³/mol. The third-order valence-electron chi connectivity index (χ3n) is 5.11. The van der Waals surface area contributed by atoms with Crippen molar-refractivity contribution in [2.45, 2.75) is 26.9 Å². The van der Waals surface area contributed by atoms with Crippen LogP contribution in [0.1, 0.15) is 32.9 Å². The Morgan fingerprint density at radius 2 is 1.78 bits per heavy atom. The maximum Gasteiger partial charge on any atom is 0.256 e. The number of nitrogens with zero attached hydrogens (tertiary/aromatic N) is 4. The molecule has 9 heteroatoms. The first-order valence-corrected chi connectivity index (χ1v) is 10.6. The Hall–Kier alpha value is -3.16. The molecule has 0 saturated heterocycles. The number of halogens is 3. The second-order valence-corrected chi connectivity index (χ2v) is 8.18. The van der Waals surface area contributed by atoms with Crippen LogP contribution in [-0.2, 0) is 13.1 Å². The van der Waals surface area contributed by atoms with Crippen LogP contribution in [-0.4, -0.2) is 25.5 Å². The molecule has 2 aromatic heterocycles. The minimum Gasteiger partial charge on any atom is -0.305 e. The molecule has 2 aromatic carbocycles. The average molecular weight is 472 g/mol. The number of aryl methyl sites for hydroxylation is 1. The van der Waals surface area contributed by atoms with E-state index >= 15 is 0 Å². The van der Waals surface area contributed by atoms with Crippen LogP contribution in [0.3, 0.4) is 0 Å². The van der Waals surface area contributed by atoms with Crippen LogP contribution in [0.5, 0.6) is 0 Å². The van der Waals surface area contributed by atoms with E-state index in [0.717, 1.165) is 17.0 Å². The lowest BCUT2D eigenvalue weighted by atomic mass is 10.1. The Morgan fingerprint density at radius 3 is 2.44 bits per heavy atom. The Morgan fingerprint density at radius 1 is 1.03 bits per heavy atom. The average Bonchev–Trinajstić information content (AvgIpc) is 3.31. The van der Waals surface area contributed by atoms with Crippen molar-refractivity contribution in [3.63, 3.8) is 0 Å². The van der Waals surface area contributed by atoms with E-state index in [1.165, 1.54) is 10.7 Å². The van der Waals surface area contributed by atoms with Gasteiger partial charge in [0, 0.05) is 28.4 Å². The van der Waals surface area contributed by atoms with E-state index in [1.54, 1.807) is 36.5 Å². The van der Waals surface area contributed by atoms with Gasteiger partial charge < -0.3 is 5.32 Å². The van der Waals surface area contributed by atoms with E-state index in [4.69, 9.17) is 23.2 Å². The third kappa shape index (κ3) is 4.69. The maximum absolute atomic E-state index is 14.0. The molecule has 0 unspecified atom stereocenters. The van der Waals surface area contributed by atoms with Crippen molar-refractivity contribution in [1.29, 1.82) is 0 Å². The molecule has 0 radical (unpaired) electrons. The lowest BCUT2D eigenvalue weighted by Crippen LogP contribution is -2.13. The second kappa shape index (κ2) is 9.14. The molecule has 0 aliphatic rings. The largest absolute Gasteiger partial charge is 0.305 e. The number of aromatic nitrogens is 4. The molecular weight excluding hydrogens is 452 g/mol. The lowest BCUT2D eigenvalue weighted by Gasteiger charge is -2.07. The zero-order valence-electron chi connectivity index (χ0n) is 17.4. The molecule has 0 atom stereocenters. The summed E-state index contributed by atoms with van der Waals surface area (Å²) in [5.41, 5.74) is 3.52. The summed E-state index contributed by atoms with van der Waals surface area (Å²) in [6.07, 6.45) is 1.65. The van der Waals surface area contributed by atoms with Crippen LogP contribution in [0, 0.1) is 19.7 Å². The van der Waals surface area contributed by atoms with E-state index < -0.39 is 5.82 Å². The SMILES string of the molecule is Cc1nn(Cc2ccc(C(=O)Nc3ccn(Cc4c(F)cccc4Cl)n3)cc2)c(C)c1Cl. The monoisotopic (exact) mass is 471 g/mol. The molecule has 6 nitrogen and oxygen atoms in total. The molecule has 0 bridgehead atoms. The van der Waals surface area contributed by atoms with Crippen LogP contribution in [0.25, 0.3) is 0 Å². The standard InChI is InChI=1S/C23H20Cl2FN5O/c1-14-22(25)15(2)31(28-14)12-16-6-8-17(9-7-16)23(32)27-21-10-11-30(29-21)13-18-19(24)4-3-5-20(18)26/h3-11H,12-13H2,1-2H3,(H,27,29,32). The van der Waals surface area contributed by atoms with Gasteiger partial charge in [0.2, 0.25) is 0 Å². The van der Waals surface area contributed by atoms with Crippen molar-refractivity contribution >= 4 is 34.9 Å². The molecule has 2 heterocycles. The highest BCUT2D eigenvalue weighted by Gasteiger charge is 2.12. The summed E-state index contributed by atoms with van der Waals surface area (Å²) >= 11 is 12.3. The number of carbonyl (C=O) groups excluding carboxylic acids is 1. The molecular formula is C23H20Cl2FN5O. The van der Waals surface area contributed by atoms with Gasteiger partial charge in [-0.05, 0) is 43.7 Å².